The monoisotopic (exact) mass is 264 g/mol. The van der Waals surface area contributed by atoms with Crippen LogP contribution in [0.15, 0.2) is 24.3 Å². The normalized spacial score (nSPS) is 12.6. The summed E-state index contributed by atoms with van der Waals surface area (Å²) < 4.78 is 0. The van der Waals surface area contributed by atoms with Gasteiger partial charge in [-0.25, -0.2) is 4.89 Å². The van der Waals surface area contributed by atoms with E-state index >= 15 is 0 Å². The highest BCUT2D eigenvalue weighted by molar-refractivity contribution is 5.28. The second-order valence-corrected chi connectivity index (χ2v) is 5.32. The maximum absolute atomic E-state index is 8.80. The second-order valence-electron chi connectivity index (χ2n) is 5.32. The van der Waals surface area contributed by atoms with Crippen molar-refractivity contribution in [2.24, 2.45) is 0 Å². The average molecular weight is 264 g/mol. The van der Waals surface area contributed by atoms with Crippen LogP contribution in [-0.2, 0) is 11.3 Å². The fourth-order valence-electron chi connectivity index (χ4n) is 2.49. The van der Waals surface area contributed by atoms with Gasteiger partial charge in [0.25, 0.3) is 0 Å². The SMILES string of the molecule is CCCCCCCCCc1ccccc1C(C)OO. The summed E-state index contributed by atoms with van der Waals surface area (Å²) in [5.41, 5.74) is 2.41. The van der Waals surface area contributed by atoms with Gasteiger partial charge in [-0.2, -0.15) is 0 Å². The molecule has 0 aromatic heterocycles. The molecule has 1 rings (SSSR count). The van der Waals surface area contributed by atoms with Gasteiger partial charge in [0.05, 0.1) is 0 Å². The van der Waals surface area contributed by atoms with E-state index < -0.39 is 0 Å². The number of rotatable bonds is 10. The van der Waals surface area contributed by atoms with E-state index in [0.717, 1.165) is 12.0 Å². The summed E-state index contributed by atoms with van der Waals surface area (Å²) in [6.07, 6.45) is 10.1. The molecule has 2 nitrogen and oxygen atoms in total. The molecular weight excluding hydrogens is 236 g/mol. The van der Waals surface area contributed by atoms with Gasteiger partial charge in [0.15, 0.2) is 0 Å². The van der Waals surface area contributed by atoms with E-state index in [-0.39, 0.29) is 6.10 Å². The van der Waals surface area contributed by atoms with E-state index in [2.05, 4.69) is 23.9 Å². The van der Waals surface area contributed by atoms with Gasteiger partial charge in [-0.3, -0.25) is 5.26 Å². The summed E-state index contributed by atoms with van der Waals surface area (Å²) >= 11 is 0. The van der Waals surface area contributed by atoms with E-state index in [9.17, 15) is 0 Å². The fourth-order valence-corrected chi connectivity index (χ4v) is 2.49. The molecule has 0 heterocycles. The molecule has 0 aliphatic heterocycles. The van der Waals surface area contributed by atoms with Gasteiger partial charge in [0, 0.05) is 0 Å². The standard InChI is InChI=1S/C17H28O2/c1-3-4-5-6-7-8-9-12-16-13-10-11-14-17(16)15(2)19-18/h10-11,13-15,18H,3-9,12H2,1-2H3. The molecule has 0 amide bonds. The van der Waals surface area contributed by atoms with Crippen LogP contribution in [0.3, 0.4) is 0 Å². The summed E-state index contributed by atoms with van der Waals surface area (Å²) in [6, 6.07) is 8.24. The highest BCUT2D eigenvalue weighted by atomic mass is 17.1. The third-order valence-electron chi connectivity index (χ3n) is 3.70. The van der Waals surface area contributed by atoms with Gasteiger partial charge >= 0.3 is 0 Å². The van der Waals surface area contributed by atoms with Crippen LogP contribution >= 0.6 is 0 Å². The molecule has 1 aromatic carbocycles. The van der Waals surface area contributed by atoms with Crippen molar-refractivity contribution in [1.82, 2.24) is 0 Å². The van der Waals surface area contributed by atoms with E-state index in [4.69, 9.17) is 5.26 Å². The third-order valence-corrected chi connectivity index (χ3v) is 3.70. The Balaban J connectivity index is 2.29. The van der Waals surface area contributed by atoms with Gasteiger partial charge in [-0.05, 0) is 30.9 Å². The zero-order valence-electron chi connectivity index (χ0n) is 12.4. The van der Waals surface area contributed by atoms with Crippen LogP contribution in [0.2, 0.25) is 0 Å². The van der Waals surface area contributed by atoms with E-state index in [1.807, 2.05) is 19.1 Å². The molecule has 2 heteroatoms. The molecule has 0 radical (unpaired) electrons. The minimum atomic E-state index is -0.235. The lowest BCUT2D eigenvalue weighted by atomic mass is 9.98. The van der Waals surface area contributed by atoms with Crippen LogP contribution in [-0.4, -0.2) is 5.26 Å². The van der Waals surface area contributed by atoms with Gasteiger partial charge in [0.2, 0.25) is 0 Å². The quantitative estimate of drug-likeness (QED) is 0.342. The average Bonchev–Trinajstić information content (AvgIpc) is 2.46. The predicted molar refractivity (Wildman–Crippen MR) is 80.3 cm³/mol. The summed E-state index contributed by atoms with van der Waals surface area (Å²) in [5, 5.41) is 8.80. The van der Waals surface area contributed by atoms with Crippen LogP contribution in [0.4, 0.5) is 0 Å². The Bertz CT molecular complexity index is 336. The largest absolute Gasteiger partial charge is 0.251 e. The Morgan fingerprint density at radius 3 is 2.32 bits per heavy atom. The van der Waals surface area contributed by atoms with Crippen LogP contribution in [0.5, 0.6) is 0 Å². The molecule has 1 unspecified atom stereocenters. The number of hydrogen-bond donors (Lipinski definition) is 1. The Morgan fingerprint density at radius 2 is 1.63 bits per heavy atom. The van der Waals surface area contributed by atoms with Crippen molar-refractivity contribution in [2.45, 2.75) is 71.3 Å². The molecule has 108 valence electrons. The van der Waals surface area contributed by atoms with Crippen molar-refractivity contribution in [3.05, 3.63) is 35.4 Å². The number of aryl methyl sites for hydroxylation is 1. The first-order chi connectivity index (χ1) is 9.29. The first kappa shape index (κ1) is 16.2. The van der Waals surface area contributed by atoms with Crippen LogP contribution in [0.25, 0.3) is 0 Å². The summed E-state index contributed by atoms with van der Waals surface area (Å²) in [5.74, 6) is 0. The van der Waals surface area contributed by atoms with E-state index in [1.165, 1.54) is 50.5 Å². The number of hydrogen-bond acceptors (Lipinski definition) is 2. The van der Waals surface area contributed by atoms with Crippen molar-refractivity contribution in [2.75, 3.05) is 0 Å². The zero-order valence-corrected chi connectivity index (χ0v) is 12.4. The van der Waals surface area contributed by atoms with Gasteiger partial charge in [-0.15, -0.1) is 0 Å². The molecular formula is C17H28O2. The second kappa shape index (κ2) is 9.99. The molecule has 1 atom stereocenters. The van der Waals surface area contributed by atoms with Crippen molar-refractivity contribution < 1.29 is 10.1 Å². The molecule has 0 saturated carbocycles. The zero-order chi connectivity index (χ0) is 13.9. The maximum atomic E-state index is 8.80. The highest BCUT2D eigenvalue weighted by Crippen LogP contribution is 2.22. The lowest BCUT2D eigenvalue weighted by Crippen LogP contribution is -2.01. The van der Waals surface area contributed by atoms with Crippen molar-refractivity contribution in [3.8, 4) is 0 Å². The summed E-state index contributed by atoms with van der Waals surface area (Å²) in [6.45, 7) is 4.13. The Morgan fingerprint density at radius 1 is 1.00 bits per heavy atom. The number of unbranched alkanes of at least 4 members (excludes halogenated alkanes) is 6. The summed E-state index contributed by atoms with van der Waals surface area (Å²) in [7, 11) is 0. The van der Waals surface area contributed by atoms with E-state index in [1.54, 1.807) is 0 Å². The molecule has 0 saturated heterocycles. The topological polar surface area (TPSA) is 29.5 Å². The van der Waals surface area contributed by atoms with Crippen molar-refractivity contribution in [3.63, 3.8) is 0 Å². The summed E-state index contributed by atoms with van der Waals surface area (Å²) in [4.78, 5) is 4.45. The molecule has 0 aliphatic carbocycles. The Labute approximate surface area is 117 Å². The van der Waals surface area contributed by atoms with Gasteiger partial charge in [0.1, 0.15) is 6.10 Å². The molecule has 1 N–H and O–H groups in total. The first-order valence-corrected chi connectivity index (χ1v) is 7.67. The van der Waals surface area contributed by atoms with Crippen molar-refractivity contribution >= 4 is 0 Å². The van der Waals surface area contributed by atoms with Crippen LogP contribution in [0.1, 0.15) is 76.0 Å². The molecule has 0 spiro atoms. The highest BCUT2D eigenvalue weighted by Gasteiger charge is 2.09. The minimum Gasteiger partial charge on any atom is -0.251 e. The van der Waals surface area contributed by atoms with Gasteiger partial charge in [-0.1, -0.05) is 69.7 Å². The Kier molecular flexibility index (Phi) is 8.52. The lowest BCUT2D eigenvalue weighted by Gasteiger charge is -2.13. The fraction of sp³-hybridized carbons (Fsp3) is 0.647. The predicted octanol–water partition coefficient (Wildman–Crippen LogP) is 5.53. The molecule has 19 heavy (non-hydrogen) atoms. The van der Waals surface area contributed by atoms with Crippen LogP contribution in [0, 0.1) is 0 Å². The first-order valence-electron chi connectivity index (χ1n) is 7.67. The molecule has 0 aliphatic rings. The molecule has 0 fully saturated rings. The van der Waals surface area contributed by atoms with E-state index in [0.29, 0.717) is 0 Å². The van der Waals surface area contributed by atoms with Crippen LogP contribution < -0.4 is 0 Å². The van der Waals surface area contributed by atoms with Crippen molar-refractivity contribution in [1.29, 1.82) is 0 Å². The minimum absolute atomic E-state index is 0.235. The number of benzene rings is 1. The molecule has 0 bridgehead atoms. The smallest absolute Gasteiger partial charge is 0.115 e. The Hall–Kier alpha value is -0.860. The van der Waals surface area contributed by atoms with Gasteiger partial charge < -0.3 is 0 Å². The lowest BCUT2D eigenvalue weighted by molar-refractivity contribution is -0.277. The molecule has 1 aromatic rings. The third kappa shape index (κ3) is 6.22. The maximum Gasteiger partial charge on any atom is 0.115 e.